The Balaban J connectivity index is 1.53. The van der Waals surface area contributed by atoms with Gasteiger partial charge in [-0.05, 0) is 67.7 Å². The SMILES string of the molecule is O=C(CCc1ccncc1)N1CCCCC1CCc1cccs1. The molecule has 4 heteroatoms. The number of nitrogens with zero attached hydrogens (tertiary/aromatic N) is 2. The predicted molar refractivity (Wildman–Crippen MR) is 94.6 cm³/mol. The first kappa shape index (κ1) is 16.2. The Kier molecular flexibility index (Phi) is 5.81. The van der Waals surface area contributed by atoms with Gasteiger partial charge in [0.25, 0.3) is 0 Å². The molecule has 1 aliphatic rings. The molecule has 3 rings (SSSR count). The lowest BCUT2D eigenvalue weighted by Gasteiger charge is -2.36. The summed E-state index contributed by atoms with van der Waals surface area (Å²) in [6, 6.07) is 8.73. The third kappa shape index (κ3) is 4.64. The number of carbonyl (C=O) groups excluding carboxylic acids is 1. The highest BCUT2D eigenvalue weighted by atomic mass is 32.1. The second-order valence-corrected chi connectivity index (χ2v) is 7.24. The predicted octanol–water partition coefficient (Wildman–Crippen LogP) is 4.09. The van der Waals surface area contributed by atoms with Crippen molar-refractivity contribution < 1.29 is 4.79 Å². The van der Waals surface area contributed by atoms with Gasteiger partial charge in [0, 0.05) is 36.3 Å². The van der Waals surface area contributed by atoms with E-state index in [-0.39, 0.29) is 0 Å². The standard InChI is InChI=1S/C19H24N2OS/c22-19(9-6-16-10-12-20-13-11-16)21-14-2-1-4-17(21)7-8-18-5-3-15-23-18/h3,5,10-13,15,17H,1-2,4,6-9,14H2. The molecule has 0 bridgehead atoms. The molecule has 1 saturated heterocycles. The van der Waals surface area contributed by atoms with Crippen LogP contribution in [0.3, 0.4) is 0 Å². The van der Waals surface area contributed by atoms with Gasteiger partial charge in [-0.3, -0.25) is 9.78 Å². The van der Waals surface area contributed by atoms with Crippen LogP contribution >= 0.6 is 11.3 Å². The zero-order valence-electron chi connectivity index (χ0n) is 13.5. The summed E-state index contributed by atoms with van der Waals surface area (Å²) >= 11 is 1.82. The number of likely N-dealkylation sites (tertiary alicyclic amines) is 1. The Morgan fingerprint density at radius 2 is 2.09 bits per heavy atom. The second-order valence-electron chi connectivity index (χ2n) is 6.21. The van der Waals surface area contributed by atoms with E-state index in [4.69, 9.17) is 0 Å². The van der Waals surface area contributed by atoms with Crippen LogP contribution in [-0.4, -0.2) is 28.4 Å². The van der Waals surface area contributed by atoms with Crippen LogP contribution in [-0.2, 0) is 17.6 Å². The molecule has 23 heavy (non-hydrogen) atoms. The average Bonchev–Trinajstić information content (AvgIpc) is 3.12. The molecule has 1 aliphatic heterocycles. The van der Waals surface area contributed by atoms with E-state index >= 15 is 0 Å². The van der Waals surface area contributed by atoms with E-state index in [0.29, 0.717) is 18.4 Å². The van der Waals surface area contributed by atoms with Gasteiger partial charge in [-0.1, -0.05) is 6.07 Å². The number of hydrogen-bond acceptors (Lipinski definition) is 3. The van der Waals surface area contributed by atoms with Crippen molar-refractivity contribution in [1.29, 1.82) is 0 Å². The third-order valence-electron chi connectivity index (χ3n) is 4.63. The topological polar surface area (TPSA) is 33.2 Å². The van der Waals surface area contributed by atoms with Gasteiger partial charge in [-0.2, -0.15) is 0 Å². The van der Waals surface area contributed by atoms with Crippen molar-refractivity contribution in [3.05, 3.63) is 52.5 Å². The lowest BCUT2D eigenvalue weighted by molar-refractivity contribution is -0.135. The van der Waals surface area contributed by atoms with Gasteiger partial charge >= 0.3 is 0 Å². The minimum Gasteiger partial charge on any atom is -0.340 e. The number of aromatic nitrogens is 1. The summed E-state index contributed by atoms with van der Waals surface area (Å²) < 4.78 is 0. The van der Waals surface area contributed by atoms with Crippen LogP contribution in [0.4, 0.5) is 0 Å². The third-order valence-corrected chi connectivity index (χ3v) is 5.56. The highest BCUT2D eigenvalue weighted by Crippen LogP contribution is 2.23. The first-order chi connectivity index (χ1) is 11.3. The van der Waals surface area contributed by atoms with Gasteiger partial charge < -0.3 is 4.90 Å². The number of piperidine rings is 1. The van der Waals surface area contributed by atoms with E-state index < -0.39 is 0 Å². The monoisotopic (exact) mass is 328 g/mol. The normalized spacial score (nSPS) is 18.1. The Morgan fingerprint density at radius 3 is 2.87 bits per heavy atom. The molecule has 1 atom stereocenters. The number of carbonyl (C=O) groups is 1. The summed E-state index contributed by atoms with van der Waals surface area (Å²) in [4.78, 5) is 20.3. The van der Waals surface area contributed by atoms with Crippen molar-refractivity contribution in [3.8, 4) is 0 Å². The Hall–Kier alpha value is -1.68. The van der Waals surface area contributed by atoms with E-state index in [1.165, 1.54) is 16.9 Å². The van der Waals surface area contributed by atoms with Gasteiger partial charge in [0.2, 0.25) is 5.91 Å². The van der Waals surface area contributed by atoms with E-state index in [1.807, 2.05) is 23.5 Å². The maximum Gasteiger partial charge on any atom is 0.223 e. The highest BCUT2D eigenvalue weighted by Gasteiger charge is 2.26. The van der Waals surface area contributed by atoms with Gasteiger partial charge in [0.15, 0.2) is 0 Å². The molecule has 2 aromatic rings. The first-order valence-electron chi connectivity index (χ1n) is 8.53. The molecular weight excluding hydrogens is 304 g/mol. The molecule has 0 aromatic carbocycles. The number of rotatable bonds is 6. The maximum atomic E-state index is 12.7. The van der Waals surface area contributed by atoms with Crippen molar-refractivity contribution in [2.75, 3.05) is 6.54 Å². The molecule has 1 fully saturated rings. The quantitative estimate of drug-likeness (QED) is 0.800. The Morgan fingerprint density at radius 1 is 1.22 bits per heavy atom. The van der Waals surface area contributed by atoms with Gasteiger partial charge in [-0.25, -0.2) is 0 Å². The van der Waals surface area contributed by atoms with E-state index in [1.54, 1.807) is 12.4 Å². The molecule has 0 aliphatic carbocycles. The van der Waals surface area contributed by atoms with Crippen LogP contribution in [0.25, 0.3) is 0 Å². The van der Waals surface area contributed by atoms with Gasteiger partial charge in [0.05, 0.1) is 0 Å². The number of thiophene rings is 1. The summed E-state index contributed by atoms with van der Waals surface area (Å²) in [5.41, 5.74) is 1.19. The summed E-state index contributed by atoms with van der Waals surface area (Å²) in [6.07, 6.45) is 10.8. The Labute approximate surface area is 142 Å². The maximum absolute atomic E-state index is 12.7. The highest BCUT2D eigenvalue weighted by molar-refractivity contribution is 7.09. The fourth-order valence-electron chi connectivity index (χ4n) is 3.34. The fourth-order valence-corrected chi connectivity index (χ4v) is 4.06. The largest absolute Gasteiger partial charge is 0.340 e. The van der Waals surface area contributed by atoms with Crippen molar-refractivity contribution in [2.45, 2.75) is 51.0 Å². The molecule has 1 amide bonds. The molecular formula is C19H24N2OS. The van der Waals surface area contributed by atoms with Gasteiger partial charge in [0.1, 0.15) is 0 Å². The number of pyridine rings is 1. The van der Waals surface area contributed by atoms with E-state index in [9.17, 15) is 4.79 Å². The summed E-state index contributed by atoms with van der Waals surface area (Å²) in [5.74, 6) is 0.317. The van der Waals surface area contributed by atoms with Crippen LogP contribution in [0.15, 0.2) is 42.0 Å². The lowest BCUT2D eigenvalue weighted by Crippen LogP contribution is -2.44. The van der Waals surface area contributed by atoms with Crippen molar-refractivity contribution in [3.63, 3.8) is 0 Å². The minimum atomic E-state index is 0.317. The summed E-state index contributed by atoms with van der Waals surface area (Å²) in [6.45, 7) is 0.935. The summed E-state index contributed by atoms with van der Waals surface area (Å²) in [5, 5.41) is 2.13. The van der Waals surface area contributed by atoms with Gasteiger partial charge in [-0.15, -0.1) is 11.3 Å². The number of hydrogen-bond donors (Lipinski definition) is 0. The van der Waals surface area contributed by atoms with Crippen molar-refractivity contribution in [1.82, 2.24) is 9.88 Å². The van der Waals surface area contributed by atoms with Crippen molar-refractivity contribution in [2.24, 2.45) is 0 Å². The molecule has 0 spiro atoms. The molecule has 0 saturated carbocycles. The molecule has 1 unspecified atom stereocenters. The smallest absolute Gasteiger partial charge is 0.223 e. The zero-order valence-corrected chi connectivity index (χ0v) is 14.3. The zero-order chi connectivity index (χ0) is 15.9. The van der Waals surface area contributed by atoms with Crippen LogP contribution in [0, 0.1) is 0 Å². The summed E-state index contributed by atoms with van der Waals surface area (Å²) in [7, 11) is 0. The van der Waals surface area contributed by atoms with Crippen LogP contribution < -0.4 is 0 Å². The second kappa shape index (κ2) is 8.25. The number of aryl methyl sites for hydroxylation is 2. The van der Waals surface area contributed by atoms with E-state index in [2.05, 4.69) is 27.4 Å². The molecule has 3 heterocycles. The molecule has 3 nitrogen and oxygen atoms in total. The molecule has 122 valence electrons. The van der Waals surface area contributed by atoms with Crippen LogP contribution in [0.2, 0.25) is 0 Å². The van der Waals surface area contributed by atoms with Crippen molar-refractivity contribution >= 4 is 17.2 Å². The first-order valence-corrected chi connectivity index (χ1v) is 9.41. The van der Waals surface area contributed by atoms with Crippen LogP contribution in [0.5, 0.6) is 0 Å². The number of amides is 1. The average molecular weight is 328 g/mol. The molecule has 0 N–H and O–H groups in total. The fraction of sp³-hybridized carbons (Fsp3) is 0.474. The molecule has 2 aromatic heterocycles. The molecule has 0 radical (unpaired) electrons. The Bertz CT molecular complexity index is 597. The van der Waals surface area contributed by atoms with E-state index in [0.717, 1.165) is 38.6 Å². The minimum absolute atomic E-state index is 0.317. The van der Waals surface area contributed by atoms with Crippen LogP contribution in [0.1, 0.15) is 42.5 Å². The lowest BCUT2D eigenvalue weighted by atomic mass is 9.96.